The molecule has 1 amide bonds. The molecule has 0 fully saturated rings. The van der Waals surface area contributed by atoms with E-state index in [0.29, 0.717) is 16.9 Å². The molecule has 0 aliphatic rings. The summed E-state index contributed by atoms with van der Waals surface area (Å²) in [6, 6.07) is 10.6. The number of amides is 1. The Kier molecular flexibility index (Phi) is 4.90. The van der Waals surface area contributed by atoms with Crippen LogP contribution >= 0.6 is 0 Å². The number of aryl methyl sites for hydroxylation is 1. The molecule has 2 heterocycles. The van der Waals surface area contributed by atoms with Gasteiger partial charge in [0, 0.05) is 35.5 Å². The van der Waals surface area contributed by atoms with Crippen molar-refractivity contribution >= 4 is 27.6 Å². The third-order valence-corrected chi connectivity index (χ3v) is 4.73. The minimum Gasteiger partial charge on any atom is -0.322 e. The molecule has 3 aromatic rings. The van der Waals surface area contributed by atoms with Crippen LogP contribution in [0.5, 0.6) is 0 Å². The Balaban J connectivity index is 1.73. The molecular weight excluding hydrogens is 354 g/mol. The average Bonchev–Trinajstić information content (AvgIpc) is 2.62. The van der Waals surface area contributed by atoms with E-state index >= 15 is 0 Å². The Labute approximate surface area is 150 Å². The zero-order valence-corrected chi connectivity index (χ0v) is 14.6. The summed E-state index contributed by atoms with van der Waals surface area (Å²) in [6.45, 7) is 1.74. The number of nitrogens with one attached hydrogen (secondary N) is 2. The van der Waals surface area contributed by atoms with Crippen molar-refractivity contribution in [1.29, 1.82) is 0 Å². The fourth-order valence-electron chi connectivity index (χ4n) is 2.10. The molecule has 0 aliphatic carbocycles. The van der Waals surface area contributed by atoms with Crippen LogP contribution in [0.15, 0.2) is 66.0 Å². The number of sulfonamides is 1. The van der Waals surface area contributed by atoms with Crippen molar-refractivity contribution in [2.75, 3.05) is 10.0 Å². The van der Waals surface area contributed by atoms with Gasteiger partial charge in [0.15, 0.2) is 0 Å². The third kappa shape index (κ3) is 4.19. The normalized spacial score (nSPS) is 11.0. The van der Waals surface area contributed by atoms with Gasteiger partial charge in [-0.25, -0.2) is 23.1 Å². The molecule has 132 valence electrons. The van der Waals surface area contributed by atoms with Gasteiger partial charge in [0.25, 0.3) is 15.9 Å². The first kappa shape index (κ1) is 17.5. The summed E-state index contributed by atoms with van der Waals surface area (Å²) < 4.78 is 27.1. The lowest BCUT2D eigenvalue weighted by Gasteiger charge is -2.09. The van der Waals surface area contributed by atoms with Crippen LogP contribution in [0.1, 0.15) is 16.1 Å². The number of hydrogen-bond acceptors (Lipinski definition) is 6. The van der Waals surface area contributed by atoms with E-state index in [4.69, 9.17) is 0 Å². The van der Waals surface area contributed by atoms with Crippen molar-refractivity contribution in [1.82, 2.24) is 15.0 Å². The van der Waals surface area contributed by atoms with Gasteiger partial charge in [-0.15, -0.1) is 0 Å². The number of carbonyl (C=O) groups is 1. The minimum atomic E-state index is -3.82. The van der Waals surface area contributed by atoms with Crippen LogP contribution in [-0.4, -0.2) is 29.3 Å². The molecule has 0 atom stereocenters. The fourth-order valence-corrected chi connectivity index (χ4v) is 3.05. The quantitative estimate of drug-likeness (QED) is 0.713. The van der Waals surface area contributed by atoms with Crippen molar-refractivity contribution in [3.63, 3.8) is 0 Å². The van der Waals surface area contributed by atoms with Gasteiger partial charge in [-0.3, -0.25) is 9.78 Å². The number of benzene rings is 1. The standard InChI is InChI=1S/C17H15N5O3S/c1-12-6-11-19-17(20-12)22-26(24,25)15-4-2-14(3-5-15)21-16(23)13-7-9-18-10-8-13/h2-11H,1H3,(H,21,23)(H,19,20,22). The summed E-state index contributed by atoms with van der Waals surface area (Å²) in [7, 11) is -3.82. The van der Waals surface area contributed by atoms with Crippen molar-refractivity contribution in [3.8, 4) is 0 Å². The third-order valence-electron chi connectivity index (χ3n) is 3.39. The number of nitrogens with zero attached hydrogens (tertiary/aromatic N) is 3. The summed E-state index contributed by atoms with van der Waals surface area (Å²) in [5.41, 5.74) is 1.57. The molecule has 8 nitrogen and oxygen atoms in total. The van der Waals surface area contributed by atoms with Crippen LogP contribution in [0.25, 0.3) is 0 Å². The van der Waals surface area contributed by atoms with Crippen molar-refractivity contribution < 1.29 is 13.2 Å². The SMILES string of the molecule is Cc1ccnc(NS(=O)(=O)c2ccc(NC(=O)c3ccncc3)cc2)n1. The molecule has 0 saturated carbocycles. The van der Waals surface area contributed by atoms with Crippen molar-refractivity contribution in [3.05, 3.63) is 72.3 Å². The first-order chi connectivity index (χ1) is 12.4. The summed E-state index contributed by atoms with van der Waals surface area (Å²) >= 11 is 0. The summed E-state index contributed by atoms with van der Waals surface area (Å²) in [5, 5.41) is 2.69. The van der Waals surface area contributed by atoms with Gasteiger partial charge in [-0.1, -0.05) is 0 Å². The van der Waals surface area contributed by atoms with E-state index in [1.54, 1.807) is 25.1 Å². The van der Waals surface area contributed by atoms with Crippen LogP contribution in [0.2, 0.25) is 0 Å². The molecule has 0 unspecified atom stereocenters. The Morgan fingerprint density at radius 1 is 0.962 bits per heavy atom. The minimum absolute atomic E-state index is 0.0000615. The number of anilines is 2. The van der Waals surface area contributed by atoms with Crippen molar-refractivity contribution in [2.45, 2.75) is 11.8 Å². The highest BCUT2D eigenvalue weighted by Crippen LogP contribution is 2.17. The molecule has 9 heteroatoms. The number of rotatable bonds is 5. The van der Waals surface area contributed by atoms with Gasteiger partial charge in [-0.05, 0) is 49.4 Å². The topological polar surface area (TPSA) is 114 Å². The molecule has 0 spiro atoms. The predicted octanol–water partition coefficient (Wildman–Crippen LogP) is 2.23. The summed E-state index contributed by atoms with van der Waals surface area (Å²) in [6.07, 6.45) is 4.51. The number of hydrogen-bond donors (Lipinski definition) is 2. The molecule has 3 rings (SSSR count). The molecule has 2 aromatic heterocycles. The Morgan fingerprint density at radius 2 is 1.65 bits per heavy atom. The zero-order chi connectivity index (χ0) is 18.6. The van der Waals surface area contributed by atoms with Gasteiger partial charge < -0.3 is 5.32 Å². The number of pyridine rings is 1. The maximum atomic E-state index is 12.4. The molecule has 1 aromatic carbocycles. The second kappa shape index (κ2) is 7.28. The highest BCUT2D eigenvalue weighted by Gasteiger charge is 2.16. The number of aromatic nitrogens is 3. The Bertz CT molecular complexity index is 1020. The highest BCUT2D eigenvalue weighted by atomic mass is 32.2. The molecule has 2 N–H and O–H groups in total. The smallest absolute Gasteiger partial charge is 0.264 e. The van der Waals surface area contributed by atoms with Crippen LogP contribution in [0.3, 0.4) is 0 Å². The van der Waals surface area contributed by atoms with E-state index in [1.165, 1.54) is 42.9 Å². The lowest BCUT2D eigenvalue weighted by Crippen LogP contribution is -2.15. The van der Waals surface area contributed by atoms with E-state index in [0.717, 1.165) is 0 Å². The van der Waals surface area contributed by atoms with Gasteiger partial charge in [0.05, 0.1) is 4.90 Å². The first-order valence-electron chi connectivity index (χ1n) is 7.58. The zero-order valence-electron chi connectivity index (χ0n) is 13.7. The highest BCUT2D eigenvalue weighted by molar-refractivity contribution is 7.92. The molecule has 0 saturated heterocycles. The largest absolute Gasteiger partial charge is 0.322 e. The van der Waals surface area contributed by atoms with E-state index in [1.807, 2.05) is 0 Å². The molecule has 26 heavy (non-hydrogen) atoms. The second-order valence-electron chi connectivity index (χ2n) is 5.34. The molecule has 0 aliphatic heterocycles. The maximum absolute atomic E-state index is 12.4. The summed E-state index contributed by atoms with van der Waals surface area (Å²) in [5.74, 6) is -0.311. The van der Waals surface area contributed by atoms with Gasteiger partial charge in [0.2, 0.25) is 5.95 Å². The predicted molar refractivity (Wildman–Crippen MR) is 96.2 cm³/mol. The van der Waals surface area contributed by atoms with Gasteiger partial charge >= 0.3 is 0 Å². The first-order valence-corrected chi connectivity index (χ1v) is 9.06. The lowest BCUT2D eigenvalue weighted by molar-refractivity contribution is 0.102. The monoisotopic (exact) mass is 369 g/mol. The van der Waals surface area contributed by atoms with Crippen LogP contribution in [-0.2, 0) is 10.0 Å². The Hall–Kier alpha value is -3.33. The lowest BCUT2D eigenvalue weighted by atomic mass is 10.2. The van der Waals surface area contributed by atoms with E-state index < -0.39 is 10.0 Å². The summed E-state index contributed by atoms with van der Waals surface area (Å²) in [4.78, 5) is 23.9. The second-order valence-corrected chi connectivity index (χ2v) is 7.02. The average molecular weight is 369 g/mol. The Morgan fingerprint density at radius 3 is 2.31 bits per heavy atom. The molecular formula is C17H15N5O3S. The van der Waals surface area contributed by atoms with E-state index in [-0.39, 0.29) is 16.8 Å². The van der Waals surface area contributed by atoms with Crippen LogP contribution in [0, 0.1) is 6.92 Å². The van der Waals surface area contributed by atoms with Crippen molar-refractivity contribution in [2.24, 2.45) is 0 Å². The van der Waals surface area contributed by atoms with E-state index in [9.17, 15) is 13.2 Å². The van der Waals surface area contributed by atoms with E-state index in [2.05, 4.69) is 25.0 Å². The van der Waals surface area contributed by atoms with Gasteiger partial charge in [-0.2, -0.15) is 0 Å². The van der Waals surface area contributed by atoms with Crippen LogP contribution in [0.4, 0.5) is 11.6 Å². The fraction of sp³-hybridized carbons (Fsp3) is 0.0588. The molecule has 0 bridgehead atoms. The van der Waals surface area contributed by atoms with Gasteiger partial charge in [0.1, 0.15) is 0 Å². The number of carbonyl (C=O) groups excluding carboxylic acids is 1. The maximum Gasteiger partial charge on any atom is 0.264 e. The molecule has 0 radical (unpaired) electrons. The van der Waals surface area contributed by atoms with Crippen LogP contribution < -0.4 is 10.0 Å².